The average Bonchev–Trinajstić information content (AvgIpc) is 0.722. The predicted molar refractivity (Wildman–Crippen MR) is 15.3 cm³/mol. The summed E-state index contributed by atoms with van der Waals surface area (Å²) in [4.78, 5) is 25.6. The van der Waals surface area contributed by atoms with Crippen LogP contribution in [0.15, 0.2) is 0 Å². The van der Waals surface area contributed by atoms with Crippen molar-refractivity contribution < 1.29 is 61.3 Å². The number of hydrogen-bond donors (Lipinski definition) is 0. The van der Waals surface area contributed by atoms with Gasteiger partial charge in [-0.05, 0) is 0 Å². The molecule has 0 aliphatic heterocycles. The Morgan fingerprint density at radius 3 is 1.11 bits per heavy atom. The molecule has 0 heterocycles. The van der Waals surface area contributed by atoms with E-state index in [2.05, 4.69) is 0 Å². The number of rotatable bonds is 0. The third-order valence-corrected chi connectivity index (χ3v) is 0. The van der Waals surface area contributed by atoms with E-state index >= 15 is 0 Å². The second-order valence-electron chi connectivity index (χ2n) is 0.447. The molecule has 0 aliphatic rings. The Morgan fingerprint density at radius 1 is 1.11 bits per heavy atom. The van der Waals surface area contributed by atoms with E-state index in [0.717, 1.165) is 0 Å². The molecule has 0 rings (SSSR count). The van der Waals surface area contributed by atoms with Crippen molar-refractivity contribution in [1.82, 2.24) is 0 Å². The molecule has 1 radical (unpaired) electrons. The van der Waals surface area contributed by atoms with Crippen molar-refractivity contribution in [3.63, 3.8) is 0 Å². The van der Waals surface area contributed by atoms with Crippen LogP contribution in [-0.2, 0) is 41.1 Å². The van der Waals surface area contributed by atoms with Crippen LogP contribution in [-0.4, -0.2) is 22.8 Å². The molecule has 0 fully saturated rings. The molecule has 0 amide bonds. The van der Waals surface area contributed by atoms with Crippen LogP contribution >= 0.6 is 7.82 Å². The fraction of sp³-hybridized carbons (Fsp3) is 0. The van der Waals surface area contributed by atoms with Crippen molar-refractivity contribution in [2.75, 3.05) is 0 Å². The molecule has 0 unspecified atom stereocenters. The Kier molecular flexibility index (Phi) is 42.7. The molecule has 0 aliphatic carbocycles. The van der Waals surface area contributed by atoms with Crippen LogP contribution in [0.5, 0.6) is 0 Å². The van der Waals surface area contributed by atoms with Gasteiger partial charge in [0.2, 0.25) is 0 Å². The van der Waals surface area contributed by atoms with E-state index < -0.39 is 7.82 Å². The van der Waals surface area contributed by atoms with E-state index in [9.17, 15) is 0 Å². The van der Waals surface area contributed by atoms with Gasteiger partial charge in [0, 0.05) is 0 Å². The van der Waals surface area contributed by atoms with E-state index in [1.807, 2.05) is 0 Å². The SMILES string of the molecule is O=P([O-])([O-])[O-].[Al+3].[Cu+2].[OH-].[Zn+2]. The normalized spacial score (nSPS) is 6.56. The quantitative estimate of drug-likeness (QED) is 0.335. The van der Waals surface area contributed by atoms with Crippen LogP contribution < -0.4 is 14.7 Å². The van der Waals surface area contributed by atoms with Gasteiger partial charge in [0.15, 0.2) is 0 Å². The minimum absolute atomic E-state index is 0. The first-order chi connectivity index (χ1) is 2.00. The van der Waals surface area contributed by atoms with Gasteiger partial charge in [-0.15, -0.1) is 0 Å². The van der Waals surface area contributed by atoms with Crippen molar-refractivity contribution >= 4 is 25.2 Å². The second-order valence-corrected chi connectivity index (χ2v) is 1.34. The van der Waals surface area contributed by atoms with Gasteiger partial charge < -0.3 is 24.7 Å². The first-order valence-electron chi connectivity index (χ1n) is 0.730. The molecule has 49 valence electrons. The van der Waals surface area contributed by atoms with E-state index in [1.54, 1.807) is 0 Å². The molecule has 0 saturated heterocycles. The van der Waals surface area contributed by atoms with E-state index in [1.165, 1.54) is 0 Å². The standard InChI is InChI=1S/Al.Cu.H3O4P.H2O.Zn/c;;1-5(2,3)4;;/h;;(H3,1,2,3,4);1H2;/q+3;+2;;;+2/p-4. The van der Waals surface area contributed by atoms with Crippen molar-refractivity contribution in [2.24, 2.45) is 0 Å². The van der Waals surface area contributed by atoms with Crippen LogP contribution in [0.25, 0.3) is 0 Å². The molecule has 0 aromatic rings. The van der Waals surface area contributed by atoms with Gasteiger partial charge in [0.1, 0.15) is 0 Å². The van der Waals surface area contributed by atoms with Gasteiger partial charge >= 0.3 is 53.9 Å². The van der Waals surface area contributed by atoms with Crippen molar-refractivity contribution in [2.45, 2.75) is 0 Å². The zero-order valence-electron chi connectivity index (χ0n) is 4.11. The maximum Gasteiger partial charge on any atom is 3.00 e. The number of hydrogen-bond acceptors (Lipinski definition) is 5. The maximum absolute atomic E-state index is 8.55. The first-order valence-corrected chi connectivity index (χ1v) is 2.19. The molecular weight excluding hydrogens is 267 g/mol. The molecule has 5 nitrogen and oxygen atoms in total. The smallest absolute Gasteiger partial charge is 0.870 e. The molecule has 0 spiro atoms. The summed E-state index contributed by atoms with van der Waals surface area (Å²) < 4.78 is 8.55. The zero-order valence-corrected chi connectivity index (χ0v) is 10.1. The van der Waals surface area contributed by atoms with Crippen molar-refractivity contribution in [3.8, 4) is 0 Å². The van der Waals surface area contributed by atoms with Gasteiger partial charge in [-0.1, -0.05) is 0 Å². The second kappa shape index (κ2) is 12.4. The van der Waals surface area contributed by atoms with E-state index in [0.29, 0.717) is 0 Å². The third-order valence-electron chi connectivity index (χ3n) is 0. The summed E-state index contributed by atoms with van der Waals surface area (Å²) in [6, 6.07) is 0. The Hall–Kier alpha value is 1.75. The molecule has 9 heteroatoms. The molecule has 0 aromatic heterocycles. The fourth-order valence-electron chi connectivity index (χ4n) is 0. The summed E-state index contributed by atoms with van der Waals surface area (Å²) in [7, 11) is -5.39. The summed E-state index contributed by atoms with van der Waals surface area (Å²) >= 11 is 0. The third kappa shape index (κ3) is 192. The Labute approximate surface area is 86.1 Å². The summed E-state index contributed by atoms with van der Waals surface area (Å²) in [6.07, 6.45) is 0. The van der Waals surface area contributed by atoms with Crippen LogP contribution in [0, 0.1) is 0 Å². The summed E-state index contributed by atoms with van der Waals surface area (Å²) in [5.74, 6) is 0. The molecule has 9 heavy (non-hydrogen) atoms. The monoisotopic (exact) mass is 266 g/mol. The van der Waals surface area contributed by atoms with Crippen molar-refractivity contribution in [3.05, 3.63) is 0 Å². The molecule has 0 atom stereocenters. The van der Waals surface area contributed by atoms with Crippen molar-refractivity contribution in [1.29, 1.82) is 0 Å². The van der Waals surface area contributed by atoms with Crippen LogP contribution in [0.1, 0.15) is 0 Å². The van der Waals surface area contributed by atoms with Crippen LogP contribution in [0.4, 0.5) is 0 Å². The topological polar surface area (TPSA) is 116 Å². The predicted octanol–water partition coefficient (Wildman–Crippen LogP) is -3.39. The average molecular weight is 268 g/mol. The van der Waals surface area contributed by atoms with Gasteiger partial charge in [0.05, 0.1) is 0 Å². The van der Waals surface area contributed by atoms with E-state index in [4.69, 9.17) is 19.2 Å². The molecular formula is HAlCuO5PZn+3. The first kappa shape index (κ1) is 30.9. The summed E-state index contributed by atoms with van der Waals surface area (Å²) in [5, 5.41) is 0. The van der Waals surface area contributed by atoms with E-state index in [-0.39, 0.29) is 59.4 Å². The minimum atomic E-state index is -5.39. The molecule has 0 aromatic carbocycles. The largest absolute Gasteiger partial charge is 3.00 e. The number of phosphoric acid groups is 1. The molecule has 0 bridgehead atoms. The van der Waals surface area contributed by atoms with Crippen LogP contribution in [0.2, 0.25) is 0 Å². The Morgan fingerprint density at radius 2 is 1.11 bits per heavy atom. The Bertz CT molecular complexity index is 63.1. The summed E-state index contributed by atoms with van der Waals surface area (Å²) in [6.45, 7) is 0. The maximum atomic E-state index is 8.55. The van der Waals surface area contributed by atoms with Gasteiger partial charge in [-0.25, -0.2) is 0 Å². The fourth-order valence-corrected chi connectivity index (χ4v) is 0. The summed E-state index contributed by atoms with van der Waals surface area (Å²) in [5.41, 5.74) is 0. The zero-order chi connectivity index (χ0) is 4.50. The Balaban J connectivity index is -0.0000000133. The van der Waals surface area contributed by atoms with Gasteiger partial charge in [-0.2, -0.15) is 7.82 Å². The molecule has 1 N–H and O–H groups in total. The van der Waals surface area contributed by atoms with Gasteiger partial charge in [0.25, 0.3) is 0 Å². The minimum Gasteiger partial charge on any atom is -0.870 e. The van der Waals surface area contributed by atoms with Gasteiger partial charge in [-0.3, -0.25) is 0 Å². The molecule has 0 saturated carbocycles. The van der Waals surface area contributed by atoms with Crippen LogP contribution in [0.3, 0.4) is 0 Å².